The number of carbonyl (C=O) groups excluding carboxylic acids is 1. The van der Waals surface area contributed by atoms with Crippen LogP contribution in [0.1, 0.15) is 35.2 Å². The number of amides is 1. The Balaban J connectivity index is 1.22. The molecule has 37 heavy (non-hydrogen) atoms. The van der Waals surface area contributed by atoms with Crippen molar-refractivity contribution in [3.05, 3.63) is 83.9 Å². The number of sulfonamides is 1. The van der Waals surface area contributed by atoms with Crippen molar-refractivity contribution in [2.24, 2.45) is 0 Å². The maximum atomic E-state index is 12.9. The third-order valence-electron chi connectivity index (χ3n) is 6.70. The van der Waals surface area contributed by atoms with Gasteiger partial charge in [-0.05, 0) is 55.7 Å². The Morgan fingerprint density at radius 3 is 2.38 bits per heavy atom. The number of aromatic amines is 1. The number of nitrogens with one attached hydrogen (secondary N) is 2. The first-order chi connectivity index (χ1) is 17.9. The molecule has 3 aromatic carbocycles. The van der Waals surface area contributed by atoms with Gasteiger partial charge in [-0.15, -0.1) is 11.8 Å². The highest BCUT2D eigenvalue weighted by atomic mass is 32.2. The molecule has 1 amide bonds. The van der Waals surface area contributed by atoms with E-state index in [1.807, 2.05) is 12.1 Å². The Bertz CT molecular complexity index is 1490. The summed E-state index contributed by atoms with van der Waals surface area (Å²) in [4.78, 5) is 17.7. The first kappa shape index (κ1) is 25.6. The molecule has 6 nitrogen and oxygen atoms in total. The largest absolute Gasteiger partial charge is 0.354 e. The zero-order valence-corrected chi connectivity index (χ0v) is 22.5. The van der Waals surface area contributed by atoms with Crippen molar-refractivity contribution in [1.82, 2.24) is 14.6 Å². The number of piperidine rings is 1. The Hall–Kier alpha value is -3.07. The molecule has 1 aromatic heterocycles. The SMILES string of the molecule is Cc1ccc(-c2[nH]c3ccccc3c2SCCNC(=O)c2ccc(S(=O)(=O)N3CCCCC3)cc2)cc1. The fourth-order valence-corrected chi connectivity index (χ4v) is 7.21. The Morgan fingerprint density at radius 1 is 0.946 bits per heavy atom. The molecule has 0 spiro atoms. The number of hydrogen-bond donors (Lipinski definition) is 2. The summed E-state index contributed by atoms with van der Waals surface area (Å²) < 4.78 is 27.2. The first-order valence-electron chi connectivity index (χ1n) is 12.6. The molecule has 1 saturated heterocycles. The van der Waals surface area contributed by atoms with Gasteiger partial charge in [-0.3, -0.25) is 4.79 Å². The quantitative estimate of drug-likeness (QED) is 0.220. The highest BCUT2D eigenvalue weighted by Crippen LogP contribution is 2.37. The number of thioether (sulfide) groups is 1. The molecule has 0 bridgehead atoms. The molecular weight excluding hydrogens is 502 g/mol. The summed E-state index contributed by atoms with van der Waals surface area (Å²) in [7, 11) is -3.50. The van der Waals surface area contributed by atoms with Crippen LogP contribution in [0.15, 0.2) is 82.6 Å². The molecule has 2 N–H and O–H groups in total. The number of aryl methyl sites for hydroxylation is 1. The molecule has 0 atom stereocenters. The van der Waals surface area contributed by atoms with E-state index in [1.54, 1.807) is 28.2 Å². The van der Waals surface area contributed by atoms with E-state index in [9.17, 15) is 13.2 Å². The number of rotatable bonds is 8. The predicted molar refractivity (Wildman–Crippen MR) is 151 cm³/mol. The molecule has 0 unspecified atom stereocenters. The molecule has 0 radical (unpaired) electrons. The van der Waals surface area contributed by atoms with Crippen LogP contribution < -0.4 is 5.32 Å². The molecule has 1 aliphatic heterocycles. The summed E-state index contributed by atoms with van der Waals surface area (Å²) in [5.74, 6) is 0.494. The van der Waals surface area contributed by atoms with Gasteiger partial charge in [-0.1, -0.05) is 54.4 Å². The van der Waals surface area contributed by atoms with Crippen molar-refractivity contribution >= 4 is 38.6 Å². The van der Waals surface area contributed by atoms with Crippen LogP contribution in [0.2, 0.25) is 0 Å². The second kappa shape index (κ2) is 11.1. The Kier molecular flexibility index (Phi) is 7.69. The van der Waals surface area contributed by atoms with Crippen molar-refractivity contribution < 1.29 is 13.2 Å². The molecule has 8 heteroatoms. The zero-order chi connectivity index (χ0) is 25.8. The number of para-hydroxylation sites is 1. The fraction of sp³-hybridized carbons (Fsp3) is 0.276. The molecule has 2 heterocycles. The van der Waals surface area contributed by atoms with E-state index in [0.29, 0.717) is 31.0 Å². The number of aromatic nitrogens is 1. The number of fused-ring (bicyclic) bond motifs is 1. The van der Waals surface area contributed by atoms with Gasteiger partial charge in [-0.25, -0.2) is 8.42 Å². The topological polar surface area (TPSA) is 82.3 Å². The fourth-order valence-electron chi connectivity index (χ4n) is 4.64. The van der Waals surface area contributed by atoms with Crippen LogP contribution in [-0.2, 0) is 10.0 Å². The van der Waals surface area contributed by atoms with Gasteiger partial charge in [0.15, 0.2) is 0 Å². The molecule has 5 rings (SSSR count). The number of hydrogen-bond acceptors (Lipinski definition) is 4. The summed E-state index contributed by atoms with van der Waals surface area (Å²) in [6.07, 6.45) is 2.85. The van der Waals surface area contributed by atoms with Crippen molar-refractivity contribution in [1.29, 1.82) is 0 Å². The maximum Gasteiger partial charge on any atom is 0.251 e. The molecule has 0 aliphatic carbocycles. The van der Waals surface area contributed by atoms with Crippen LogP contribution in [-0.4, -0.2) is 49.0 Å². The van der Waals surface area contributed by atoms with Crippen LogP contribution >= 0.6 is 11.8 Å². The van der Waals surface area contributed by atoms with Gasteiger partial charge in [0.1, 0.15) is 0 Å². The highest BCUT2D eigenvalue weighted by molar-refractivity contribution is 7.99. The second-order valence-electron chi connectivity index (χ2n) is 9.33. The van der Waals surface area contributed by atoms with Gasteiger partial charge in [0.2, 0.25) is 10.0 Å². The molecular formula is C29H31N3O3S2. The Labute approximate surface area is 222 Å². The predicted octanol–water partition coefficient (Wildman–Crippen LogP) is 5.84. The third-order valence-corrected chi connectivity index (χ3v) is 9.74. The van der Waals surface area contributed by atoms with Gasteiger partial charge in [0.05, 0.1) is 10.6 Å². The van der Waals surface area contributed by atoms with Crippen molar-refractivity contribution in [2.45, 2.75) is 36.0 Å². The highest BCUT2D eigenvalue weighted by Gasteiger charge is 2.26. The lowest BCUT2D eigenvalue weighted by Crippen LogP contribution is -2.35. The van der Waals surface area contributed by atoms with Gasteiger partial charge in [0.25, 0.3) is 5.91 Å². The van der Waals surface area contributed by atoms with Gasteiger partial charge in [-0.2, -0.15) is 4.31 Å². The van der Waals surface area contributed by atoms with E-state index in [-0.39, 0.29) is 10.8 Å². The van der Waals surface area contributed by atoms with Crippen LogP contribution in [0.4, 0.5) is 0 Å². The zero-order valence-electron chi connectivity index (χ0n) is 20.9. The van der Waals surface area contributed by atoms with Crippen molar-refractivity contribution in [2.75, 3.05) is 25.4 Å². The molecule has 1 fully saturated rings. The number of nitrogens with zero attached hydrogens (tertiary/aromatic N) is 1. The average Bonchev–Trinajstić information content (AvgIpc) is 3.30. The molecule has 192 valence electrons. The summed E-state index contributed by atoms with van der Waals surface area (Å²) in [5, 5.41) is 4.13. The molecule has 0 saturated carbocycles. The normalized spacial score (nSPS) is 14.6. The summed E-state index contributed by atoms with van der Waals surface area (Å²) in [5.41, 5.74) is 4.98. The summed E-state index contributed by atoms with van der Waals surface area (Å²) in [6, 6.07) is 23.0. The number of H-pyrrole nitrogens is 1. The van der Waals surface area contributed by atoms with Crippen LogP contribution in [0.5, 0.6) is 0 Å². The van der Waals surface area contributed by atoms with Crippen molar-refractivity contribution in [3.8, 4) is 11.3 Å². The van der Waals surface area contributed by atoms with E-state index >= 15 is 0 Å². The van der Waals surface area contributed by atoms with E-state index in [2.05, 4.69) is 53.6 Å². The van der Waals surface area contributed by atoms with Gasteiger partial charge >= 0.3 is 0 Å². The number of carbonyl (C=O) groups is 1. The lowest BCUT2D eigenvalue weighted by atomic mass is 10.1. The summed E-state index contributed by atoms with van der Waals surface area (Å²) >= 11 is 1.71. The lowest BCUT2D eigenvalue weighted by molar-refractivity contribution is 0.0956. The van der Waals surface area contributed by atoms with Crippen LogP contribution in [0.3, 0.4) is 0 Å². The van der Waals surface area contributed by atoms with Crippen LogP contribution in [0.25, 0.3) is 22.2 Å². The van der Waals surface area contributed by atoms with Gasteiger partial charge in [0, 0.05) is 46.7 Å². The second-order valence-corrected chi connectivity index (χ2v) is 12.4. The Morgan fingerprint density at radius 2 is 1.65 bits per heavy atom. The van der Waals surface area contributed by atoms with E-state index in [1.165, 1.54) is 28.0 Å². The van der Waals surface area contributed by atoms with Crippen molar-refractivity contribution in [3.63, 3.8) is 0 Å². The monoisotopic (exact) mass is 533 g/mol. The smallest absolute Gasteiger partial charge is 0.251 e. The minimum atomic E-state index is -3.50. The van der Waals surface area contributed by atoms with E-state index in [4.69, 9.17) is 0 Å². The van der Waals surface area contributed by atoms with E-state index < -0.39 is 10.0 Å². The first-order valence-corrected chi connectivity index (χ1v) is 15.0. The standard InChI is InChI=1S/C29H31N3O3S2/c1-21-9-11-22(12-10-21)27-28(25-7-3-4-8-26(25)31-27)36-20-17-30-29(33)23-13-15-24(16-14-23)37(34,35)32-18-5-2-6-19-32/h3-4,7-16,31H,2,5-6,17-20H2,1H3,(H,30,33). The minimum Gasteiger partial charge on any atom is -0.354 e. The summed E-state index contributed by atoms with van der Waals surface area (Å²) in [6.45, 7) is 3.69. The average molecular weight is 534 g/mol. The van der Waals surface area contributed by atoms with Gasteiger partial charge < -0.3 is 10.3 Å². The lowest BCUT2D eigenvalue weighted by Gasteiger charge is -2.25. The van der Waals surface area contributed by atoms with Crippen LogP contribution in [0, 0.1) is 6.92 Å². The molecule has 1 aliphatic rings. The maximum absolute atomic E-state index is 12.9. The van der Waals surface area contributed by atoms with E-state index in [0.717, 1.165) is 36.0 Å². The number of benzene rings is 3. The molecule has 4 aromatic rings. The third kappa shape index (κ3) is 5.61. The minimum absolute atomic E-state index is 0.208.